The van der Waals surface area contributed by atoms with Crippen LogP contribution in [0.4, 0.5) is 5.69 Å². The molecule has 5 nitrogen and oxygen atoms in total. The Hall–Kier alpha value is -2.04. The quantitative estimate of drug-likeness (QED) is 0.682. The predicted molar refractivity (Wildman–Crippen MR) is 86.7 cm³/mol. The molecule has 5 heteroatoms. The maximum absolute atomic E-state index is 12.4. The molecule has 0 amide bonds. The zero-order chi connectivity index (χ0) is 17.1. The Bertz CT molecular complexity index is 585. The molecule has 1 rings (SSSR count). The number of carbonyl (C=O) groups excluding carboxylic acids is 2. The summed E-state index contributed by atoms with van der Waals surface area (Å²) in [6, 6.07) is 1.94. The maximum atomic E-state index is 12.4. The molecule has 1 aromatic carbocycles. The van der Waals surface area contributed by atoms with E-state index in [9.17, 15) is 9.59 Å². The summed E-state index contributed by atoms with van der Waals surface area (Å²) in [4.78, 5) is 23.8. The number of esters is 2. The van der Waals surface area contributed by atoms with Gasteiger partial charge in [0.2, 0.25) is 0 Å². The van der Waals surface area contributed by atoms with Gasteiger partial charge in [-0.3, -0.25) is 4.79 Å². The van der Waals surface area contributed by atoms with E-state index < -0.39 is 11.9 Å². The van der Waals surface area contributed by atoms with Crippen LogP contribution in [0.1, 0.15) is 56.1 Å². The highest BCUT2D eigenvalue weighted by Gasteiger charge is 2.29. The van der Waals surface area contributed by atoms with E-state index in [4.69, 9.17) is 9.47 Å². The molecular formula is C17H25NO4. The monoisotopic (exact) mass is 307 g/mol. The lowest BCUT2D eigenvalue weighted by molar-refractivity contribution is -0.131. The summed E-state index contributed by atoms with van der Waals surface area (Å²) in [5.41, 5.74) is 2.41. The minimum atomic E-state index is -0.502. The lowest BCUT2D eigenvalue weighted by Gasteiger charge is -2.26. The van der Waals surface area contributed by atoms with Crippen LogP contribution in [-0.2, 0) is 14.9 Å². The first kappa shape index (κ1) is 18.0. The summed E-state index contributed by atoms with van der Waals surface area (Å²) in [6.45, 7) is 11.3. The molecule has 0 saturated heterocycles. The third kappa shape index (κ3) is 3.78. The highest BCUT2D eigenvalue weighted by atomic mass is 16.5. The van der Waals surface area contributed by atoms with Crippen LogP contribution in [0.3, 0.4) is 0 Å². The zero-order valence-electron chi connectivity index (χ0n) is 14.4. The van der Waals surface area contributed by atoms with Crippen LogP contribution in [-0.4, -0.2) is 25.6 Å². The summed E-state index contributed by atoms with van der Waals surface area (Å²) in [6.07, 6.45) is 0. The third-order valence-electron chi connectivity index (χ3n) is 3.25. The van der Waals surface area contributed by atoms with Gasteiger partial charge in [0.1, 0.15) is 11.3 Å². The Morgan fingerprint density at radius 2 is 1.86 bits per heavy atom. The van der Waals surface area contributed by atoms with Crippen LogP contribution in [0.2, 0.25) is 0 Å². The number of carbonyl (C=O) groups is 2. The molecule has 0 fully saturated rings. The average molecular weight is 307 g/mol. The van der Waals surface area contributed by atoms with E-state index in [1.54, 1.807) is 14.0 Å². The Labute approximate surface area is 132 Å². The van der Waals surface area contributed by atoms with Crippen molar-refractivity contribution >= 4 is 17.6 Å². The number of rotatable bonds is 4. The van der Waals surface area contributed by atoms with Crippen molar-refractivity contribution in [1.29, 1.82) is 0 Å². The first-order valence-electron chi connectivity index (χ1n) is 7.34. The number of hydrogen-bond donors (Lipinski definition) is 1. The summed E-state index contributed by atoms with van der Waals surface area (Å²) >= 11 is 0. The Kier molecular flexibility index (Phi) is 5.58. The fourth-order valence-electron chi connectivity index (χ4n) is 2.32. The molecule has 0 radical (unpaired) electrons. The van der Waals surface area contributed by atoms with Crippen molar-refractivity contribution in [3.8, 4) is 5.75 Å². The molecule has 0 saturated carbocycles. The Morgan fingerprint density at radius 3 is 2.27 bits per heavy atom. The summed E-state index contributed by atoms with van der Waals surface area (Å²) in [7, 11) is 1.74. The Morgan fingerprint density at radius 1 is 1.27 bits per heavy atom. The molecule has 0 bridgehead atoms. The summed E-state index contributed by atoms with van der Waals surface area (Å²) < 4.78 is 10.4. The van der Waals surface area contributed by atoms with Crippen molar-refractivity contribution in [2.24, 2.45) is 0 Å². The number of nitrogens with one attached hydrogen (secondary N) is 1. The molecule has 22 heavy (non-hydrogen) atoms. The van der Waals surface area contributed by atoms with Crippen molar-refractivity contribution in [3.63, 3.8) is 0 Å². The van der Waals surface area contributed by atoms with E-state index in [-0.39, 0.29) is 23.3 Å². The van der Waals surface area contributed by atoms with Gasteiger partial charge in [0.05, 0.1) is 12.3 Å². The second-order valence-corrected chi connectivity index (χ2v) is 6.13. The van der Waals surface area contributed by atoms with Gasteiger partial charge in [-0.15, -0.1) is 0 Å². The number of hydrogen-bond acceptors (Lipinski definition) is 5. The van der Waals surface area contributed by atoms with Gasteiger partial charge < -0.3 is 14.8 Å². The number of benzene rings is 1. The second kappa shape index (κ2) is 6.81. The third-order valence-corrected chi connectivity index (χ3v) is 3.25. The lowest BCUT2D eigenvalue weighted by atomic mass is 9.83. The van der Waals surface area contributed by atoms with Crippen LogP contribution in [0, 0.1) is 6.92 Å². The van der Waals surface area contributed by atoms with Crippen LogP contribution < -0.4 is 10.1 Å². The molecular weight excluding hydrogens is 282 g/mol. The number of aryl methyl sites for hydroxylation is 1. The van der Waals surface area contributed by atoms with Gasteiger partial charge in [-0.25, -0.2) is 4.79 Å². The van der Waals surface area contributed by atoms with Crippen molar-refractivity contribution < 1.29 is 19.1 Å². The van der Waals surface area contributed by atoms with Crippen LogP contribution in [0.25, 0.3) is 0 Å². The highest BCUT2D eigenvalue weighted by Crippen LogP contribution is 2.39. The predicted octanol–water partition coefficient (Wildman–Crippen LogP) is 3.44. The van der Waals surface area contributed by atoms with Crippen LogP contribution >= 0.6 is 0 Å². The van der Waals surface area contributed by atoms with E-state index in [0.29, 0.717) is 5.69 Å². The number of ether oxygens (including phenoxy) is 2. The fraction of sp³-hybridized carbons (Fsp3) is 0.529. The maximum Gasteiger partial charge on any atom is 0.344 e. The van der Waals surface area contributed by atoms with E-state index in [1.807, 2.05) is 13.0 Å². The molecule has 0 aliphatic rings. The molecule has 0 aliphatic carbocycles. The molecule has 0 spiro atoms. The van der Waals surface area contributed by atoms with Crippen molar-refractivity contribution in [3.05, 3.63) is 22.8 Å². The van der Waals surface area contributed by atoms with Gasteiger partial charge in [-0.05, 0) is 36.5 Å². The van der Waals surface area contributed by atoms with Gasteiger partial charge in [0.15, 0.2) is 0 Å². The van der Waals surface area contributed by atoms with Crippen molar-refractivity contribution in [2.45, 2.75) is 47.0 Å². The standard InChI is InChI=1S/C17H25NO4/c1-8-21-16(20)13-14(18-7)12(17(4,5)6)9-10(2)15(13)22-11(3)19/h9,18H,8H2,1-7H3. The molecule has 0 heterocycles. The van der Waals surface area contributed by atoms with E-state index in [1.165, 1.54) is 6.92 Å². The molecule has 122 valence electrons. The van der Waals surface area contributed by atoms with Crippen LogP contribution in [0.15, 0.2) is 6.07 Å². The average Bonchev–Trinajstić information content (AvgIpc) is 2.38. The SMILES string of the molecule is CCOC(=O)c1c(NC)c(C(C)(C)C)cc(C)c1OC(C)=O. The van der Waals surface area contributed by atoms with Gasteiger partial charge in [0, 0.05) is 14.0 Å². The normalized spacial score (nSPS) is 11.0. The molecule has 0 aliphatic heterocycles. The fourth-order valence-corrected chi connectivity index (χ4v) is 2.32. The summed E-state index contributed by atoms with van der Waals surface area (Å²) in [5, 5.41) is 3.06. The molecule has 0 unspecified atom stereocenters. The molecule has 0 atom stereocenters. The first-order chi connectivity index (χ1) is 10.1. The van der Waals surface area contributed by atoms with Gasteiger partial charge in [0.25, 0.3) is 0 Å². The Balaban J connectivity index is 3.72. The minimum Gasteiger partial charge on any atom is -0.462 e. The molecule has 1 aromatic rings. The van der Waals surface area contributed by atoms with Gasteiger partial charge >= 0.3 is 11.9 Å². The summed E-state index contributed by atoms with van der Waals surface area (Å²) in [5.74, 6) is -0.722. The largest absolute Gasteiger partial charge is 0.462 e. The van der Waals surface area contributed by atoms with E-state index in [2.05, 4.69) is 26.1 Å². The van der Waals surface area contributed by atoms with E-state index >= 15 is 0 Å². The van der Waals surface area contributed by atoms with Crippen molar-refractivity contribution in [2.75, 3.05) is 19.0 Å². The smallest absolute Gasteiger partial charge is 0.344 e. The van der Waals surface area contributed by atoms with Gasteiger partial charge in [-0.1, -0.05) is 20.8 Å². The first-order valence-corrected chi connectivity index (χ1v) is 7.34. The van der Waals surface area contributed by atoms with Crippen molar-refractivity contribution in [1.82, 2.24) is 0 Å². The number of anilines is 1. The highest BCUT2D eigenvalue weighted by molar-refractivity contribution is 6.01. The second-order valence-electron chi connectivity index (χ2n) is 6.13. The topological polar surface area (TPSA) is 64.6 Å². The molecule has 1 N–H and O–H groups in total. The zero-order valence-corrected chi connectivity index (χ0v) is 14.4. The minimum absolute atomic E-state index is 0.181. The lowest BCUT2D eigenvalue weighted by Crippen LogP contribution is -2.20. The molecule has 0 aromatic heterocycles. The van der Waals surface area contributed by atoms with Crippen LogP contribution in [0.5, 0.6) is 5.75 Å². The van der Waals surface area contributed by atoms with Gasteiger partial charge in [-0.2, -0.15) is 0 Å². The van der Waals surface area contributed by atoms with E-state index in [0.717, 1.165) is 11.1 Å².